The lowest BCUT2D eigenvalue weighted by Crippen LogP contribution is -2.56. The molecule has 0 aliphatic heterocycles. The van der Waals surface area contributed by atoms with Crippen molar-refractivity contribution >= 4 is 5.78 Å². The SMILES string of the molecule is C[C@H]1C(CCO)=C(O)C(=O)[C@H]2[C@H]1CC[C@H]1C(C)(C)CCC[C@]21C. The number of hydrogen-bond acceptors (Lipinski definition) is 3. The number of carbonyl (C=O) groups is 1. The summed E-state index contributed by atoms with van der Waals surface area (Å²) in [7, 11) is 0. The molecule has 2 N–H and O–H groups in total. The van der Waals surface area contributed by atoms with Crippen LogP contribution in [0.15, 0.2) is 11.3 Å². The highest BCUT2D eigenvalue weighted by Gasteiger charge is 2.59. The van der Waals surface area contributed by atoms with Gasteiger partial charge in [-0.2, -0.15) is 0 Å². The first kappa shape index (κ1) is 17.0. The second kappa shape index (κ2) is 5.61. The highest BCUT2D eigenvalue weighted by atomic mass is 16.3. The monoisotopic (exact) mass is 320 g/mol. The summed E-state index contributed by atoms with van der Waals surface area (Å²) in [5.74, 6) is 0.980. The second-order valence-corrected chi connectivity index (χ2v) is 9.12. The fourth-order valence-electron chi connectivity index (χ4n) is 6.55. The molecule has 2 saturated carbocycles. The molecule has 2 fully saturated rings. The Kier molecular flexibility index (Phi) is 4.15. The molecule has 3 aliphatic rings. The van der Waals surface area contributed by atoms with Gasteiger partial charge in [0, 0.05) is 12.5 Å². The zero-order chi connectivity index (χ0) is 17.0. The first-order valence-corrected chi connectivity index (χ1v) is 9.31. The van der Waals surface area contributed by atoms with Gasteiger partial charge < -0.3 is 10.2 Å². The molecule has 3 rings (SSSR count). The van der Waals surface area contributed by atoms with E-state index in [0.29, 0.717) is 18.3 Å². The van der Waals surface area contributed by atoms with Crippen LogP contribution in [0.5, 0.6) is 0 Å². The molecule has 0 aromatic carbocycles. The Morgan fingerprint density at radius 2 is 1.87 bits per heavy atom. The van der Waals surface area contributed by atoms with Crippen molar-refractivity contribution in [3.05, 3.63) is 11.3 Å². The Balaban J connectivity index is 2.03. The summed E-state index contributed by atoms with van der Waals surface area (Å²) < 4.78 is 0. The van der Waals surface area contributed by atoms with Crippen molar-refractivity contribution in [2.75, 3.05) is 6.61 Å². The van der Waals surface area contributed by atoms with Crippen LogP contribution in [-0.2, 0) is 4.79 Å². The highest BCUT2D eigenvalue weighted by Crippen LogP contribution is 2.64. The highest BCUT2D eigenvalue weighted by molar-refractivity contribution is 5.97. The maximum Gasteiger partial charge on any atom is 0.200 e. The van der Waals surface area contributed by atoms with E-state index in [1.165, 1.54) is 19.3 Å². The summed E-state index contributed by atoms with van der Waals surface area (Å²) in [6.07, 6.45) is 6.21. The molecule has 23 heavy (non-hydrogen) atoms. The van der Waals surface area contributed by atoms with Crippen LogP contribution in [0, 0.1) is 34.5 Å². The van der Waals surface area contributed by atoms with E-state index < -0.39 is 0 Å². The Morgan fingerprint density at radius 1 is 1.17 bits per heavy atom. The Morgan fingerprint density at radius 3 is 2.52 bits per heavy atom. The molecule has 0 heterocycles. The van der Waals surface area contributed by atoms with Crippen molar-refractivity contribution in [3.8, 4) is 0 Å². The number of allylic oxidation sites excluding steroid dienone is 1. The molecule has 3 nitrogen and oxygen atoms in total. The van der Waals surface area contributed by atoms with Gasteiger partial charge in [-0.15, -0.1) is 0 Å². The fraction of sp³-hybridized carbons (Fsp3) is 0.850. The average Bonchev–Trinajstić information content (AvgIpc) is 2.47. The van der Waals surface area contributed by atoms with Crippen LogP contribution >= 0.6 is 0 Å². The molecular formula is C20H32O3. The Bertz CT molecular complexity index is 533. The van der Waals surface area contributed by atoms with E-state index in [1.807, 2.05) is 0 Å². The van der Waals surface area contributed by atoms with Gasteiger partial charge >= 0.3 is 0 Å². The van der Waals surface area contributed by atoms with Gasteiger partial charge in [-0.05, 0) is 66.3 Å². The third-order valence-electron chi connectivity index (χ3n) is 7.60. The molecule has 0 aromatic heterocycles. The molecule has 0 spiro atoms. The summed E-state index contributed by atoms with van der Waals surface area (Å²) in [5, 5.41) is 19.8. The molecule has 130 valence electrons. The summed E-state index contributed by atoms with van der Waals surface area (Å²) in [6.45, 7) is 9.17. The van der Waals surface area contributed by atoms with Crippen molar-refractivity contribution in [2.24, 2.45) is 34.5 Å². The number of rotatable bonds is 2. The average molecular weight is 320 g/mol. The number of ketones is 1. The van der Waals surface area contributed by atoms with E-state index in [-0.39, 0.29) is 40.8 Å². The summed E-state index contributed by atoms with van der Waals surface area (Å²) in [5.41, 5.74) is 1.08. The van der Waals surface area contributed by atoms with E-state index in [1.54, 1.807) is 0 Å². The molecule has 0 amide bonds. The number of carbonyl (C=O) groups excluding carboxylic acids is 1. The summed E-state index contributed by atoms with van der Waals surface area (Å²) in [4.78, 5) is 13.1. The van der Waals surface area contributed by atoms with Gasteiger partial charge in [0.2, 0.25) is 5.78 Å². The number of fused-ring (bicyclic) bond motifs is 3. The predicted molar refractivity (Wildman–Crippen MR) is 91.0 cm³/mol. The van der Waals surface area contributed by atoms with Crippen LogP contribution in [0.25, 0.3) is 0 Å². The molecular weight excluding hydrogens is 288 g/mol. The Labute approximate surface area is 140 Å². The number of aliphatic hydroxyl groups is 2. The van der Waals surface area contributed by atoms with Gasteiger partial charge in [0.25, 0.3) is 0 Å². The third kappa shape index (κ3) is 2.38. The van der Waals surface area contributed by atoms with E-state index in [4.69, 9.17) is 0 Å². The lowest BCUT2D eigenvalue weighted by Gasteiger charge is -2.60. The summed E-state index contributed by atoms with van der Waals surface area (Å²) >= 11 is 0. The summed E-state index contributed by atoms with van der Waals surface area (Å²) in [6, 6.07) is 0. The smallest absolute Gasteiger partial charge is 0.200 e. The van der Waals surface area contributed by atoms with Crippen molar-refractivity contribution in [1.29, 1.82) is 0 Å². The molecule has 0 saturated heterocycles. The first-order chi connectivity index (χ1) is 10.7. The van der Waals surface area contributed by atoms with Crippen molar-refractivity contribution < 1.29 is 15.0 Å². The maximum atomic E-state index is 13.1. The normalized spacial score (nSPS) is 43.1. The van der Waals surface area contributed by atoms with Crippen molar-refractivity contribution in [1.82, 2.24) is 0 Å². The molecule has 0 aromatic rings. The molecule has 0 unspecified atom stereocenters. The standard InChI is InChI=1S/C20H32O3/c1-12-13-6-7-15-19(2,3)9-5-10-20(15,4)16(13)18(23)17(22)14(12)8-11-21/h12-13,15-16,21-22H,5-11H2,1-4H3/t12-,13+,15+,16-,20+/m1/s1. The van der Waals surface area contributed by atoms with Gasteiger partial charge in [-0.3, -0.25) is 4.79 Å². The first-order valence-electron chi connectivity index (χ1n) is 9.31. The van der Waals surface area contributed by atoms with E-state index in [9.17, 15) is 15.0 Å². The quantitative estimate of drug-likeness (QED) is 0.799. The maximum absolute atomic E-state index is 13.1. The minimum Gasteiger partial charge on any atom is -0.504 e. The van der Waals surface area contributed by atoms with E-state index >= 15 is 0 Å². The van der Waals surface area contributed by atoms with Gasteiger partial charge in [0.15, 0.2) is 5.76 Å². The Hall–Kier alpha value is -0.830. The van der Waals surface area contributed by atoms with E-state index in [0.717, 1.165) is 18.4 Å². The van der Waals surface area contributed by atoms with E-state index in [2.05, 4.69) is 27.7 Å². The van der Waals surface area contributed by atoms with Crippen LogP contribution in [0.4, 0.5) is 0 Å². The molecule has 3 aliphatic carbocycles. The molecule has 5 atom stereocenters. The van der Waals surface area contributed by atoms with Gasteiger partial charge in [0.05, 0.1) is 0 Å². The van der Waals surface area contributed by atoms with Gasteiger partial charge in [-0.25, -0.2) is 0 Å². The zero-order valence-corrected chi connectivity index (χ0v) is 15.1. The molecule has 0 bridgehead atoms. The van der Waals surface area contributed by atoms with Crippen LogP contribution in [0.3, 0.4) is 0 Å². The number of Topliss-reactive ketones (excluding diaryl/α,β-unsaturated/α-hetero) is 1. The van der Waals surface area contributed by atoms with Crippen LogP contribution < -0.4 is 0 Å². The predicted octanol–water partition coefficient (Wildman–Crippen LogP) is 4.26. The molecule has 3 heteroatoms. The largest absolute Gasteiger partial charge is 0.504 e. The van der Waals surface area contributed by atoms with Crippen LogP contribution in [0.2, 0.25) is 0 Å². The number of aliphatic hydroxyl groups excluding tert-OH is 2. The zero-order valence-electron chi connectivity index (χ0n) is 15.1. The van der Waals surface area contributed by atoms with Crippen LogP contribution in [-0.4, -0.2) is 22.6 Å². The number of hydrogen-bond donors (Lipinski definition) is 2. The van der Waals surface area contributed by atoms with Gasteiger partial charge in [-0.1, -0.05) is 34.1 Å². The van der Waals surface area contributed by atoms with Crippen molar-refractivity contribution in [2.45, 2.75) is 66.2 Å². The third-order valence-corrected chi connectivity index (χ3v) is 7.60. The fourth-order valence-corrected chi connectivity index (χ4v) is 6.55. The topological polar surface area (TPSA) is 57.5 Å². The van der Waals surface area contributed by atoms with Gasteiger partial charge in [0.1, 0.15) is 0 Å². The minimum absolute atomic E-state index is 0.00131. The van der Waals surface area contributed by atoms with Crippen LogP contribution in [0.1, 0.15) is 66.2 Å². The van der Waals surface area contributed by atoms with Crippen molar-refractivity contribution in [3.63, 3.8) is 0 Å². The lowest BCUT2D eigenvalue weighted by molar-refractivity contribution is -0.150. The minimum atomic E-state index is -0.0433. The second-order valence-electron chi connectivity index (χ2n) is 9.12. The lowest BCUT2D eigenvalue weighted by atomic mass is 9.43. The molecule has 0 radical (unpaired) electrons.